The van der Waals surface area contributed by atoms with Crippen LogP contribution in [0.25, 0.3) is 0 Å². The molecule has 0 aromatic heterocycles. The number of hydrogen-bond acceptors (Lipinski definition) is 3. The lowest BCUT2D eigenvalue weighted by Gasteiger charge is -2.33. The minimum Gasteiger partial charge on any atom is -0.382 e. The first-order valence-electron chi connectivity index (χ1n) is 5.08. The molecule has 0 spiro atoms. The molecule has 0 aromatic carbocycles. The van der Waals surface area contributed by atoms with Gasteiger partial charge in [0.25, 0.3) is 0 Å². The van der Waals surface area contributed by atoms with Crippen molar-refractivity contribution in [3.05, 3.63) is 0 Å². The Labute approximate surface area is 90.3 Å². The Morgan fingerprint density at radius 2 is 2.20 bits per heavy atom. The summed E-state index contributed by atoms with van der Waals surface area (Å²) in [6.07, 6.45) is 0. The highest BCUT2D eigenvalue weighted by molar-refractivity contribution is 6.08. The molecule has 1 aliphatic heterocycles. The van der Waals surface area contributed by atoms with Crippen LogP contribution in [0.4, 0.5) is 4.79 Å². The van der Waals surface area contributed by atoms with Crippen LogP contribution in [0.5, 0.6) is 0 Å². The Bertz CT molecular complexity index is 278. The number of methoxy groups -OCH3 is 1. The van der Waals surface area contributed by atoms with Gasteiger partial charge in [0.15, 0.2) is 0 Å². The fourth-order valence-electron chi connectivity index (χ4n) is 1.75. The summed E-state index contributed by atoms with van der Waals surface area (Å²) in [6, 6.07) is -0.201. The summed E-state index contributed by atoms with van der Waals surface area (Å²) in [6.45, 7) is 6.91. The number of nitrogens with one attached hydrogen (secondary N) is 2. The molecule has 1 rings (SSSR count). The maximum absolute atomic E-state index is 11.6. The minimum absolute atomic E-state index is 0.201. The van der Waals surface area contributed by atoms with Crippen molar-refractivity contribution in [2.24, 2.45) is 5.92 Å². The highest BCUT2D eigenvalue weighted by Gasteiger charge is 2.46. The molecular weight excluding hydrogens is 194 g/mol. The van der Waals surface area contributed by atoms with Crippen LogP contribution in [0.1, 0.15) is 20.8 Å². The SMILES string of the molecule is COCC1(C)C(=N)NC(=O)N1CC(C)C. The van der Waals surface area contributed by atoms with Gasteiger partial charge in [0.1, 0.15) is 11.4 Å². The summed E-state index contributed by atoms with van der Waals surface area (Å²) in [7, 11) is 1.58. The highest BCUT2D eigenvalue weighted by atomic mass is 16.5. The molecule has 1 unspecified atom stereocenters. The van der Waals surface area contributed by atoms with E-state index in [0.29, 0.717) is 19.1 Å². The second-order valence-electron chi connectivity index (χ2n) is 4.52. The van der Waals surface area contributed by atoms with Gasteiger partial charge < -0.3 is 9.64 Å². The van der Waals surface area contributed by atoms with E-state index in [9.17, 15) is 4.79 Å². The number of urea groups is 1. The molecule has 0 radical (unpaired) electrons. The Morgan fingerprint density at radius 1 is 1.60 bits per heavy atom. The first-order chi connectivity index (χ1) is 6.91. The molecule has 1 atom stereocenters. The van der Waals surface area contributed by atoms with Gasteiger partial charge in [0, 0.05) is 13.7 Å². The fourth-order valence-corrected chi connectivity index (χ4v) is 1.75. The summed E-state index contributed by atoms with van der Waals surface area (Å²) in [5.41, 5.74) is -0.643. The molecular formula is C10H19N3O2. The van der Waals surface area contributed by atoms with Crippen LogP contribution >= 0.6 is 0 Å². The molecule has 1 heterocycles. The van der Waals surface area contributed by atoms with E-state index in [1.54, 1.807) is 12.0 Å². The summed E-state index contributed by atoms with van der Waals surface area (Å²) in [5.74, 6) is 0.591. The van der Waals surface area contributed by atoms with Crippen molar-refractivity contribution >= 4 is 11.9 Å². The molecule has 0 bridgehead atoms. The zero-order valence-electron chi connectivity index (χ0n) is 9.76. The number of hydrogen-bond donors (Lipinski definition) is 2. The normalized spacial score (nSPS) is 26.3. The topological polar surface area (TPSA) is 65.4 Å². The van der Waals surface area contributed by atoms with Gasteiger partial charge in [-0.25, -0.2) is 4.79 Å². The molecule has 5 nitrogen and oxygen atoms in total. The lowest BCUT2D eigenvalue weighted by Crippen LogP contribution is -2.51. The molecule has 1 aliphatic rings. The summed E-state index contributed by atoms with van der Waals surface area (Å²) in [5, 5.41) is 10.3. The number of rotatable bonds is 4. The van der Waals surface area contributed by atoms with Crippen molar-refractivity contribution in [1.82, 2.24) is 10.2 Å². The van der Waals surface area contributed by atoms with E-state index in [2.05, 4.69) is 5.32 Å². The Balaban J connectivity index is 2.89. The molecule has 0 aromatic rings. The van der Waals surface area contributed by atoms with E-state index in [-0.39, 0.29) is 11.9 Å². The average Bonchev–Trinajstić information content (AvgIpc) is 2.30. The number of amidine groups is 1. The second kappa shape index (κ2) is 4.18. The minimum atomic E-state index is -0.643. The van der Waals surface area contributed by atoms with Crippen LogP contribution in [-0.2, 0) is 4.74 Å². The molecule has 86 valence electrons. The van der Waals surface area contributed by atoms with Gasteiger partial charge in [0.05, 0.1) is 6.61 Å². The van der Waals surface area contributed by atoms with Crippen LogP contribution in [0, 0.1) is 11.3 Å². The first-order valence-corrected chi connectivity index (χ1v) is 5.08. The van der Waals surface area contributed by atoms with Gasteiger partial charge in [-0.05, 0) is 12.8 Å². The molecule has 0 aliphatic carbocycles. The van der Waals surface area contributed by atoms with E-state index in [0.717, 1.165) is 0 Å². The Morgan fingerprint density at radius 3 is 2.67 bits per heavy atom. The summed E-state index contributed by atoms with van der Waals surface area (Å²) >= 11 is 0. The molecule has 5 heteroatoms. The monoisotopic (exact) mass is 213 g/mol. The van der Waals surface area contributed by atoms with Gasteiger partial charge in [-0.3, -0.25) is 10.7 Å². The lowest BCUT2D eigenvalue weighted by atomic mass is 10.0. The van der Waals surface area contributed by atoms with Gasteiger partial charge in [-0.2, -0.15) is 0 Å². The van der Waals surface area contributed by atoms with Crippen LogP contribution in [-0.4, -0.2) is 42.6 Å². The molecule has 1 saturated heterocycles. The van der Waals surface area contributed by atoms with Gasteiger partial charge >= 0.3 is 6.03 Å². The number of ether oxygens (including phenoxy) is 1. The Kier molecular flexibility index (Phi) is 3.34. The standard InChI is InChI=1S/C10H19N3O2/c1-7(2)5-13-9(14)12-8(11)10(13,3)6-15-4/h7H,5-6H2,1-4H3,(H2,11,12,14). The maximum atomic E-state index is 11.6. The quantitative estimate of drug-likeness (QED) is 0.733. The van der Waals surface area contributed by atoms with Crippen molar-refractivity contribution in [1.29, 1.82) is 5.41 Å². The number of amides is 2. The van der Waals surface area contributed by atoms with E-state index in [1.165, 1.54) is 0 Å². The van der Waals surface area contributed by atoms with E-state index in [4.69, 9.17) is 10.1 Å². The molecule has 1 fully saturated rings. The smallest absolute Gasteiger partial charge is 0.323 e. The van der Waals surface area contributed by atoms with Crippen molar-refractivity contribution in [2.45, 2.75) is 26.3 Å². The molecule has 2 amide bonds. The number of carbonyl (C=O) groups excluding carboxylic acids is 1. The van der Waals surface area contributed by atoms with Crippen LogP contribution < -0.4 is 5.32 Å². The summed E-state index contributed by atoms with van der Waals surface area (Å²) < 4.78 is 5.08. The van der Waals surface area contributed by atoms with Crippen molar-refractivity contribution in [3.8, 4) is 0 Å². The highest BCUT2D eigenvalue weighted by Crippen LogP contribution is 2.23. The predicted molar refractivity (Wildman–Crippen MR) is 58.1 cm³/mol. The van der Waals surface area contributed by atoms with Crippen LogP contribution in [0.2, 0.25) is 0 Å². The van der Waals surface area contributed by atoms with Crippen molar-refractivity contribution in [3.63, 3.8) is 0 Å². The third kappa shape index (κ3) is 2.12. The first kappa shape index (κ1) is 12.0. The van der Waals surface area contributed by atoms with Gasteiger partial charge in [-0.15, -0.1) is 0 Å². The number of nitrogens with zero attached hydrogens (tertiary/aromatic N) is 1. The molecule has 2 N–H and O–H groups in total. The zero-order chi connectivity index (χ0) is 11.6. The largest absolute Gasteiger partial charge is 0.382 e. The maximum Gasteiger partial charge on any atom is 0.323 e. The predicted octanol–water partition coefficient (Wildman–Crippen LogP) is 1.05. The van der Waals surface area contributed by atoms with Crippen molar-refractivity contribution in [2.75, 3.05) is 20.3 Å². The van der Waals surface area contributed by atoms with E-state index >= 15 is 0 Å². The zero-order valence-corrected chi connectivity index (χ0v) is 9.76. The molecule has 15 heavy (non-hydrogen) atoms. The van der Waals surface area contributed by atoms with Gasteiger partial charge in [-0.1, -0.05) is 13.8 Å². The number of carbonyl (C=O) groups is 1. The van der Waals surface area contributed by atoms with E-state index < -0.39 is 5.54 Å². The molecule has 0 saturated carbocycles. The van der Waals surface area contributed by atoms with Crippen LogP contribution in [0.15, 0.2) is 0 Å². The fraction of sp³-hybridized carbons (Fsp3) is 0.800. The van der Waals surface area contributed by atoms with E-state index in [1.807, 2.05) is 20.8 Å². The third-order valence-corrected chi connectivity index (χ3v) is 2.58. The lowest BCUT2D eigenvalue weighted by molar-refractivity contribution is 0.0889. The van der Waals surface area contributed by atoms with Crippen molar-refractivity contribution < 1.29 is 9.53 Å². The van der Waals surface area contributed by atoms with Crippen LogP contribution in [0.3, 0.4) is 0 Å². The average molecular weight is 213 g/mol. The van der Waals surface area contributed by atoms with Gasteiger partial charge in [0.2, 0.25) is 0 Å². The Hall–Kier alpha value is -1.10. The summed E-state index contributed by atoms with van der Waals surface area (Å²) in [4.78, 5) is 13.3. The second-order valence-corrected chi connectivity index (χ2v) is 4.52. The third-order valence-electron chi connectivity index (χ3n) is 2.58.